The van der Waals surface area contributed by atoms with Gasteiger partial charge in [0.2, 0.25) is 0 Å². The van der Waals surface area contributed by atoms with E-state index in [0.29, 0.717) is 5.65 Å². The molecule has 0 aromatic carbocycles. The molecule has 0 aliphatic heterocycles. The molecule has 0 saturated carbocycles. The van der Waals surface area contributed by atoms with Crippen LogP contribution in [0.5, 0.6) is 0 Å². The first-order chi connectivity index (χ1) is 7.84. The van der Waals surface area contributed by atoms with E-state index in [2.05, 4.69) is 20.2 Å². The number of H-pyrrole nitrogens is 1. The number of aromatic nitrogens is 5. The Labute approximate surface area is 89.6 Å². The van der Waals surface area contributed by atoms with Gasteiger partial charge in [-0.2, -0.15) is 5.10 Å². The van der Waals surface area contributed by atoms with Crippen LogP contribution in [-0.4, -0.2) is 24.6 Å². The Balaban J connectivity index is 2.23. The molecular weight excluding hydrogens is 206 g/mol. The summed E-state index contributed by atoms with van der Waals surface area (Å²) in [7, 11) is 0. The molecular formula is C10H7N5O. The second kappa shape index (κ2) is 3.27. The van der Waals surface area contributed by atoms with Crippen LogP contribution in [-0.2, 0) is 0 Å². The zero-order chi connectivity index (χ0) is 11.0. The summed E-state index contributed by atoms with van der Waals surface area (Å²) in [6, 6.07) is 5.44. The number of nitrogens with zero attached hydrogens (tertiary/aromatic N) is 4. The Kier molecular flexibility index (Phi) is 1.79. The first-order valence-electron chi connectivity index (χ1n) is 4.68. The van der Waals surface area contributed by atoms with E-state index in [0.717, 1.165) is 11.3 Å². The lowest BCUT2D eigenvalue weighted by Gasteiger charge is -1.99. The molecule has 0 unspecified atom stereocenters. The summed E-state index contributed by atoms with van der Waals surface area (Å²) in [5.74, 6) is 0. The van der Waals surface area contributed by atoms with Crippen molar-refractivity contribution in [2.75, 3.05) is 0 Å². The van der Waals surface area contributed by atoms with Crippen molar-refractivity contribution >= 4 is 5.65 Å². The van der Waals surface area contributed by atoms with Crippen molar-refractivity contribution in [3.05, 3.63) is 47.4 Å². The summed E-state index contributed by atoms with van der Waals surface area (Å²) in [4.78, 5) is 19.3. The predicted molar refractivity (Wildman–Crippen MR) is 56.8 cm³/mol. The van der Waals surface area contributed by atoms with Crippen LogP contribution in [0.15, 0.2) is 41.7 Å². The summed E-state index contributed by atoms with van der Waals surface area (Å²) in [6.07, 6.45) is 4.84. The molecule has 0 atom stereocenters. The number of nitrogens with one attached hydrogen (secondary N) is 1. The SMILES string of the molecule is O=c1[nH]nc2cc(-c3ccncc3)ncn12. The number of rotatable bonds is 1. The van der Waals surface area contributed by atoms with Crippen molar-refractivity contribution in [3.63, 3.8) is 0 Å². The second-order valence-electron chi connectivity index (χ2n) is 3.27. The minimum Gasteiger partial charge on any atom is -0.265 e. The summed E-state index contributed by atoms with van der Waals surface area (Å²) in [5.41, 5.74) is 1.96. The van der Waals surface area contributed by atoms with Gasteiger partial charge in [0.1, 0.15) is 6.33 Å². The maximum atomic E-state index is 11.2. The minimum atomic E-state index is -0.288. The van der Waals surface area contributed by atoms with E-state index in [4.69, 9.17) is 0 Å². The van der Waals surface area contributed by atoms with Crippen LogP contribution in [0.4, 0.5) is 0 Å². The number of aromatic amines is 1. The molecule has 3 aromatic rings. The molecule has 1 N–H and O–H groups in total. The molecule has 78 valence electrons. The quantitative estimate of drug-likeness (QED) is 0.637. The first-order valence-corrected chi connectivity index (χ1v) is 4.68. The third-order valence-corrected chi connectivity index (χ3v) is 2.29. The lowest BCUT2D eigenvalue weighted by molar-refractivity contribution is 0.998. The van der Waals surface area contributed by atoms with Crippen LogP contribution < -0.4 is 5.69 Å². The molecule has 3 rings (SSSR count). The molecule has 0 bridgehead atoms. The van der Waals surface area contributed by atoms with Gasteiger partial charge >= 0.3 is 5.69 Å². The van der Waals surface area contributed by atoms with Crippen LogP contribution in [0.2, 0.25) is 0 Å². The van der Waals surface area contributed by atoms with Gasteiger partial charge in [0.05, 0.1) is 5.69 Å². The summed E-state index contributed by atoms with van der Waals surface area (Å²) < 4.78 is 1.35. The summed E-state index contributed by atoms with van der Waals surface area (Å²) >= 11 is 0. The summed E-state index contributed by atoms with van der Waals surface area (Å²) in [5, 5.41) is 6.23. The molecule has 0 aliphatic carbocycles. The lowest BCUT2D eigenvalue weighted by Crippen LogP contribution is -2.09. The van der Waals surface area contributed by atoms with Gasteiger partial charge in [-0.1, -0.05) is 0 Å². The Morgan fingerprint density at radius 1 is 1.25 bits per heavy atom. The van der Waals surface area contributed by atoms with Gasteiger partial charge in [-0.05, 0) is 12.1 Å². The molecule has 0 saturated heterocycles. The number of hydrogen-bond acceptors (Lipinski definition) is 4. The smallest absolute Gasteiger partial charge is 0.265 e. The molecule has 3 heterocycles. The van der Waals surface area contributed by atoms with E-state index >= 15 is 0 Å². The van der Waals surface area contributed by atoms with Crippen molar-refractivity contribution in [3.8, 4) is 11.3 Å². The maximum absolute atomic E-state index is 11.2. The standard InChI is InChI=1S/C10H7N5O/c16-10-14-13-9-5-8(12-6-15(9)10)7-1-3-11-4-2-7/h1-6H,(H,14,16). The van der Waals surface area contributed by atoms with Gasteiger partial charge in [0.15, 0.2) is 5.65 Å². The Hall–Kier alpha value is -2.50. The van der Waals surface area contributed by atoms with Crippen molar-refractivity contribution in [2.45, 2.75) is 0 Å². The number of hydrogen-bond donors (Lipinski definition) is 1. The van der Waals surface area contributed by atoms with Crippen molar-refractivity contribution in [2.24, 2.45) is 0 Å². The molecule has 3 aromatic heterocycles. The second-order valence-corrected chi connectivity index (χ2v) is 3.27. The van der Waals surface area contributed by atoms with Gasteiger partial charge in [0.25, 0.3) is 0 Å². The highest BCUT2D eigenvalue weighted by Crippen LogP contribution is 2.15. The highest BCUT2D eigenvalue weighted by Gasteiger charge is 2.03. The lowest BCUT2D eigenvalue weighted by atomic mass is 10.2. The molecule has 0 spiro atoms. The van der Waals surface area contributed by atoms with E-state index in [1.807, 2.05) is 12.1 Å². The average molecular weight is 213 g/mol. The number of pyridine rings is 1. The fourth-order valence-corrected chi connectivity index (χ4v) is 1.49. The van der Waals surface area contributed by atoms with E-state index < -0.39 is 0 Å². The zero-order valence-corrected chi connectivity index (χ0v) is 8.16. The molecule has 6 nitrogen and oxygen atoms in total. The normalized spacial score (nSPS) is 10.8. The monoisotopic (exact) mass is 213 g/mol. The van der Waals surface area contributed by atoms with Gasteiger partial charge in [-0.25, -0.2) is 19.3 Å². The van der Waals surface area contributed by atoms with E-state index in [1.165, 1.54) is 10.7 Å². The minimum absolute atomic E-state index is 0.288. The van der Waals surface area contributed by atoms with Crippen LogP contribution in [0.25, 0.3) is 16.9 Å². The van der Waals surface area contributed by atoms with Gasteiger partial charge < -0.3 is 0 Å². The van der Waals surface area contributed by atoms with Gasteiger partial charge in [0, 0.05) is 24.0 Å². The molecule has 16 heavy (non-hydrogen) atoms. The van der Waals surface area contributed by atoms with Crippen LogP contribution in [0.3, 0.4) is 0 Å². The molecule has 6 heteroatoms. The van der Waals surface area contributed by atoms with Gasteiger partial charge in [-0.15, -0.1) is 0 Å². The van der Waals surface area contributed by atoms with Crippen LogP contribution >= 0.6 is 0 Å². The Morgan fingerprint density at radius 2 is 2.06 bits per heavy atom. The van der Waals surface area contributed by atoms with Crippen LogP contribution in [0, 0.1) is 0 Å². The highest BCUT2D eigenvalue weighted by molar-refractivity contribution is 5.62. The van der Waals surface area contributed by atoms with E-state index in [9.17, 15) is 4.79 Å². The van der Waals surface area contributed by atoms with Crippen LogP contribution in [0.1, 0.15) is 0 Å². The Morgan fingerprint density at radius 3 is 2.88 bits per heavy atom. The zero-order valence-electron chi connectivity index (χ0n) is 8.16. The largest absolute Gasteiger partial charge is 0.348 e. The maximum Gasteiger partial charge on any atom is 0.348 e. The Bertz CT molecular complexity index is 685. The molecule has 0 radical (unpaired) electrons. The molecule has 0 amide bonds. The molecule has 0 fully saturated rings. The topological polar surface area (TPSA) is 75.9 Å². The fourth-order valence-electron chi connectivity index (χ4n) is 1.49. The average Bonchev–Trinajstić information content (AvgIpc) is 2.72. The van der Waals surface area contributed by atoms with Crippen molar-refractivity contribution < 1.29 is 0 Å². The highest BCUT2D eigenvalue weighted by atomic mass is 16.1. The van der Waals surface area contributed by atoms with Crippen molar-refractivity contribution in [1.82, 2.24) is 24.6 Å². The van der Waals surface area contributed by atoms with Crippen molar-refractivity contribution in [1.29, 1.82) is 0 Å². The third kappa shape index (κ3) is 1.28. The van der Waals surface area contributed by atoms with E-state index in [-0.39, 0.29) is 5.69 Å². The third-order valence-electron chi connectivity index (χ3n) is 2.29. The molecule has 0 aliphatic rings. The number of fused-ring (bicyclic) bond motifs is 1. The fraction of sp³-hybridized carbons (Fsp3) is 0. The summed E-state index contributed by atoms with van der Waals surface area (Å²) in [6.45, 7) is 0. The first kappa shape index (κ1) is 8.78. The van der Waals surface area contributed by atoms with Gasteiger partial charge in [-0.3, -0.25) is 4.98 Å². The predicted octanol–water partition coefficient (Wildman–Crippen LogP) is 0.480. The van der Waals surface area contributed by atoms with E-state index in [1.54, 1.807) is 18.5 Å².